The number of hydrogen-bond acceptors (Lipinski definition) is 4. The maximum atomic E-state index is 11.7. The Morgan fingerprint density at radius 2 is 1.19 bits per heavy atom. The lowest BCUT2D eigenvalue weighted by Crippen LogP contribution is -2.34. The van der Waals surface area contributed by atoms with Gasteiger partial charge in [-0.05, 0) is 41.7 Å². The molecular weight excluding hydrogens is 472 g/mol. The Morgan fingerprint density at radius 3 is 1.67 bits per heavy atom. The molecule has 0 bridgehead atoms. The molecule has 186 valence electrons. The van der Waals surface area contributed by atoms with Gasteiger partial charge in [-0.25, -0.2) is 0 Å². The lowest BCUT2D eigenvalue weighted by atomic mass is 9.80. The van der Waals surface area contributed by atoms with Gasteiger partial charge >= 0.3 is 0 Å². The zero-order valence-electron chi connectivity index (χ0n) is 20.2. The Bertz CT molecular complexity index is 1260. The first-order valence-corrected chi connectivity index (χ1v) is 13.3. The summed E-state index contributed by atoms with van der Waals surface area (Å²) in [7, 11) is -4.29. The van der Waals surface area contributed by atoms with Crippen LogP contribution in [0.15, 0.2) is 114 Å². The van der Waals surface area contributed by atoms with Crippen LogP contribution in [0.25, 0.3) is 0 Å². The van der Waals surface area contributed by atoms with Crippen LogP contribution in [0.4, 0.5) is 0 Å². The van der Waals surface area contributed by atoms with E-state index in [1.807, 2.05) is 61.5 Å². The number of hydrogen-bond donors (Lipinski definition) is 1. The van der Waals surface area contributed by atoms with Crippen LogP contribution in [-0.4, -0.2) is 32.8 Å². The standard InChI is InChI=1S/C30H30O5S/c1-24-17-18-29(36(31,32)33)25(23-24)19-20-34-21-22-35-30(26-11-5-2-6-12-26,27-13-7-3-8-14-27)28-15-9-4-10-16-28/h2-18,23H,19-22H2,1H3,(H,31,32,33). The molecule has 5 nitrogen and oxygen atoms in total. The summed E-state index contributed by atoms with van der Waals surface area (Å²) >= 11 is 0. The molecule has 0 saturated carbocycles. The van der Waals surface area contributed by atoms with E-state index in [2.05, 4.69) is 36.4 Å². The molecule has 0 spiro atoms. The summed E-state index contributed by atoms with van der Waals surface area (Å²) in [6, 6.07) is 35.2. The van der Waals surface area contributed by atoms with E-state index in [9.17, 15) is 13.0 Å². The van der Waals surface area contributed by atoms with Crippen molar-refractivity contribution in [1.29, 1.82) is 0 Å². The molecule has 0 saturated heterocycles. The van der Waals surface area contributed by atoms with Gasteiger partial charge in [-0.15, -0.1) is 0 Å². The number of ether oxygens (including phenoxy) is 2. The predicted molar refractivity (Wildman–Crippen MR) is 141 cm³/mol. The van der Waals surface area contributed by atoms with Gasteiger partial charge in [0.1, 0.15) is 5.60 Å². The molecule has 0 aliphatic heterocycles. The molecule has 6 heteroatoms. The van der Waals surface area contributed by atoms with Crippen molar-refractivity contribution in [2.24, 2.45) is 0 Å². The highest BCUT2D eigenvalue weighted by Crippen LogP contribution is 2.40. The highest BCUT2D eigenvalue weighted by Gasteiger charge is 2.37. The lowest BCUT2D eigenvalue weighted by Gasteiger charge is -2.36. The van der Waals surface area contributed by atoms with Crippen molar-refractivity contribution in [3.63, 3.8) is 0 Å². The fraction of sp³-hybridized carbons (Fsp3) is 0.200. The minimum Gasteiger partial charge on any atom is -0.379 e. The van der Waals surface area contributed by atoms with Gasteiger partial charge in [0.2, 0.25) is 0 Å². The molecule has 0 amide bonds. The van der Waals surface area contributed by atoms with Crippen molar-refractivity contribution in [3.8, 4) is 0 Å². The van der Waals surface area contributed by atoms with E-state index in [0.717, 1.165) is 22.3 Å². The number of benzene rings is 4. The fourth-order valence-electron chi connectivity index (χ4n) is 4.46. The van der Waals surface area contributed by atoms with Crippen LogP contribution in [-0.2, 0) is 31.6 Å². The minimum absolute atomic E-state index is 0.0794. The van der Waals surface area contributed by atoms with E-state index in [1.165, 1.54) is 6.07 Å². The second kappa shape index (κ2) is 11.6. The Morgan fingerprint density at radius 1 is 0.694 bits per heavy atom. The van der Waals surface area contributed by atoms with E-state index in [1.54, 1.807) is 12.1 Å². The molecule has 0 aliphatic carbocycles. The first-order valence-electron chi connectivity index (χ1n) is 11.9. The molecule has 0 heterocycles. The minimum atomic E-state index is -4.29. The molecule has 4 aromatic rings. The quantitative estimate of drug-likeness (QED) is 0.159. The molecule has 0 radical (unpaired) electrons. The average Bonchev–Trinajstić information content (AvgIpc) is 2.89. The third-order valence-electron chi connectivity index (χ3n) is 6.10. The summed E-state index contributed by atoms with van der Waals surface area (Å²) in [6.07, 6.45) is 0.359. The van der Waals surface area contributed by atoms with Gasteiger partial charge in [0.05, 0.1) is 24.7 Å². The normalized spacial score (nSPS) is 11.9. The highest BCUT2D eigenvalue weighted by atomic mass is 32.2. The molecule has 0 fully saturated rings. The van der Waals surface area contributed by atoms with Crippen molar-refractivity contribution in [2.75, 3.05) is 19.8 Å². The summed E-state index contributed by atoms with van der Waals surface area (Å²) in [4.78, 5) is -0.0794. The Labute approximate surface area is 213 Å². The molecule has 4 aromatic carbocycles. The SMILES string of the molecule is Cc1ccc(S(=O)(=O)O)c(CCOCCOC(c2ccccc2)(c2ccccc2)c2ccccc2)c1. The van der Waals surface area contributed by atoms with Crippen molar-refractivity contribution >= 4 is 10.1 Å². The largest absolute Gasteiger partial charge is 0.379 e. The van der Waals surface area contributed by atoms with Gasteiger partial charge in [-0.2, -0.15) is 8.42 Å². The van der Waals surface area contributed by atoms with Crippen molar-refractivity contribution in [1.82, 2.24) is 0 Å². The van der Waals surface area contributed by atoms with Crippen LogP contribution in [0.2, 0.25) is 0 Å². The Hall–Kier alpha value is -3.29. The highest BCUT2D eigenvalue weighted by molar-refractivity contribution is 7.85. The summed E-state index contributed by atoms with van der Waals surface area (Å²) < 4.78 is 45.5. The topological polar surface area (TPSA) is 72.8 Å². The Balaban J connectivity index is 1.51. The van der Waals surface area contributed by atoms with E-state index < -0.39 is 15.7 Å². The summed E-state index contributed by atoms with van der Waals surface area (Å²) in [5.74, 6) is 0. The summed E-state index contributed by atoms with van der Waals surface area (Å²) in [5, 5.41) is 0. The second-order valence-corrected chi connectivity index (χ2v) is 9.97. The smallest absolute Gasteiger partial charge is 0.294 e. The third-order valence-corrected chi connectivity index (χ3v) is 7.05. The van der Waals surface area contributed by atoms with Gasteiger partial charge in [0.15, 0.2) is 0 Å². The van der Waals surface area contributed by atoms with Gasteiger partial charge in [-0.1, -0.05) is 109 Å². The average molecular weight is 503 g/mol. The zero-order chi connectivity index (χ0) is 25.4. The van der Waals surface area contributed by atoms with Crippen LogP contribution in [0.1, 0.15) is 27.8 Å². The molecule has 1 N–H and O–H groups in total. The molecular formula is C30H30O5S. The van der Waals surface area contributed by atoms with E-state index >= 15 is 0 Å². The van der Waals surface area contributed by atoms with Crippen LogP contribution >= 0.6 is 0 Å². The molecule has 0 unspecified atom stereocenters. The monoisotopic (exact) mass is 502 g/mol. The first-order chi connectivity index (χ1) is 17.4. The fourth-order valence-corrected chi connectivity index (χ4v) is 5.19. The molecule has 0 aromatic heterocycles. The zero-order valence-corrected chi connectivity index (χ0v) is 21.0. The van der Waals surface area contributed by atoms with Crippen LogP contribution in [0.3, 0.4) is 0 Å². The molecule has 0 atom stereocenters. The molecule has 0 aliphatic rings. The van der Waals surface area contributed by atoms with Crippen molar-refractivity contribution < 1.29 is 22.4 Å². The van der Waals surface area contributed by atoms with Gasteiger partial charge in [0, 0.05) is 0 Å². The first kappa shape index (κ1) is 25.8. The van der Waals surface area contributed by atoms with E-state index in [-0.39, 0.29) is 4.90 Å². The summed E-state index contributed by atoms with van der Waals surface area (Å²) in [6.45, 7) is 2.81. The van der Waals surface area contributed by atoms with Crippen LogP contribution in [0.5, 0.6) is 0 Å². The van der Waals surface area contributed by atoms with E-state index in [0.29, 0.717) is 31.8 Å². The number of aryl methyl sites for hydroxylation is 1. The third kappa shape index (κ3) is 5.91. The van der Waals surface area contributed by atoms with Crippen LogP contribution in [0, 0.1) is 6.92 Å². The predicted octanol–water partition coefficient (Wildman–Crippen LogP) is 5.81. The molecule has 36 heavy (non-hydrogen) atoms. The maximum absolute atomic E-state index is 11.7. The Kier molecular flexibility index (Phi) is 8.33. The number of rotatable bonds is 11. The maximum Gasteiger partial charge on any atom is 0.294 e. The lowest BCUT2D eigenvalue weighted by molar-refractivity contribution is -0.0233. The van der Waals surface area contributed by atoms with Gasteiger partial charge in [0.25, 0.3) is 10.1 Å². The molecule has 4 rings (SSSR count). The van der Waals surface area contributed by atoms with Crippen LogP contribution < -0.4 is 0 Å². The summed E-state index contributed by atoms with van der Waals surface area (Å²) in [5.41, 5.74) is 3.67. The second-order valence-electron chi connectivity index (χ2n) is 8.58. The van der Waals surface area contributed by atoms with Crippen molar-refractivity contribution in [2.45, 2.75) is 23.8 Å². The van der Waals surface area contributed by atoms with Crippen molar-refractivity contribution in [3.05, 3.63) is 137 Å². The van der Waals surface area contributed by atoms with Gasteiger partial charge in [-0.3, -0.25) is 4.55 Å². The van der Waals surface area contributed by atoms with E-state index in [4.69, 9.17) is 9.47 Å². The van der Waals surface area contributed by atoms with Gasteiger partial charge < -0.3 is 9.47 Å².